The number of hydrogen-bond donors (Lipinski definition) is 0. The van der Waals surface area contributed by atoms with Crippen LogP contribution >= 0.6 is 11.3 Å². The Kier molecular flexibility index (Phi) is 2.68. The lowest BCUT2D eigenvalue weighted by molar-refractivity contribution is 0.628. The third kappa shape index (κ3) is 2.05. The third-order valence-electron chi connectivity index (χ3n) is 2.93. The quantitative estimate of drug-likeness (QED) is 0.568. The number of nitrogens with zero attached hydrogens (tertiary/aromatic N) is 6. The molecule has 8 heteroatoms. The van der Waals surface area contributed by atoms with E-state index in [1.807, 2.05) is 11.4 Å². The van der Waals surface area contributed by atoms with Gasteiger partial charge in [0.2, 0.25) is 5.82 Å². The molecule has 0 aliphatic rings. The first-order valence-corrected chi connectivity index (χ1v) is 6.94. The average Bonchev–Trinajstić information content (AvgIpc) is 3.16. The highest BCUT2D eigenvalue weighted by Crippen LogP contribution is 2.22. The highest BCUT2D eigenvalue weighted by Gasteiger charge is 2.12. The van der Waals surface area contributed by atoms with Gasteiger partial charge in [-0.25, -0.2) is 14.4 Å². The maximum Gasteiger partial charge on any atom is 0.205 e. The standard InChI is InChI=1S/C13H7FN6S/c14-9-3-1-2-8(6-9)11-17-19-20(18-11)12-10-4-5-21-13(10)16-7-15-12/h1-7H. The normalized spacial score (nSPS) is 11.1. The van der Waals surface area contributed by atoms with Crippen LogP contribution in [0.25, 0.3) is 27.4 Å². The van der Waals surface area contributed by atoms with Crippen molar-refractivity contribution in [2.24, 2.45) is 0 Å². The van der Waals surface area contributed by atoms with Crippen LogP contribution in [0, 0.1) is 5.82 Å². The van der Waals surface area contributed by atoms with Gasteiger partial charge < -0.3 is 0 Å². The van der Waals surface area contributed by atoms with Gasteiger partial charge in [0.15, 0.2) is 5.82 Å². The second-order valence-corrected chi connectivity index (χ2v) is 5.14. The summed E-state index contributed by atoms with van der Waals surface area (Å²) in [5, 5.41) is 15.0. The minimum atomic E-state index is -0.342. The molecule has 21 heavy (non-hydrogen) atoms. The summed E-state index contributed by atoms with van der Waals surface area (Å²) in [5.41, 5.74) is 0.567. The molecule has 0 saturated heterocycles. The summed E-state index contributed by atoms with van der Waals surface area (Å²) in [6.45, 7) is 0. The summed E-state index contributed by atoms with van der Waals surface area (Å²) in [6, 6.07) is 7.97. The summed E-state index contributed by atoms with van der Waals surface area (Å²) >= 11 is 1.51. The van der Waals surface area contributed by atoms with Gasteiger partial charge in [0.05, 0.1) is 5.39 Å². The van der Waals surface area contributed by atoms with Crippen LogP contribution in [0.2, 0.25) is 0 Å². The topological polar surface area (TPSA) is 69.4 Å². The van der Waals surface area contributed by atoms with Crippen LogP contribution in [0.1, 0.15) is 0 Å². The molecule has 102 valence electrons. The zero-order valence-corrected chi connectivity index (χ0v) is 11.3. The van der Waals surface area contributed by atoms with Gasteiger partial charge in [-0.1, -0.05) is 12.1 Å². The molecule has 0 bridgehead atoms. The van der Waals surface area contributed by atoms with Crippen LogP contribution in [0.3, 0.4) is 0 Å². The molecule has 0 N–H and O–H groups in total. The minimum Gasteiger partial charge on any atom is -0.225 e. The van der Waals surface area contributed by atoms with E-state index in [0.717, 1.165) is 10.2 Å². The number of aromatic nitrogens is 6. The van der Waals surface area contributed by atoms with Crippen molar-refractivity contribution in [2.45, 2.75) is 0 Å². The predicted octanol–water partition coefficient (Wildman–Crippen LogP) is 2.47. The smallest absolute Gasteiger partial charge is 0.205 e. The lowest BCUT2D eigenvalue weighted by Crippen LogP contribution is -2.02. The predicted molar refractivity (Wildman–Crippen MR) is 75.5 cm³/mol. The van der Waals surface area contributed by atoms with Crippen LogP contribution in [0.5, 0.6) is 0 Å². The van der Waals surface area contributed by atoms with Crippen LogP contribution in [-0.4, -0.2) is 30.2 Å². The van der Waals surface area contributed by atoms with E-state index in [9.17, 15) is 4.39 Å². The molecule has 4 aromatic rings. The fourth-order valence-electron chi connectivity index (χ4n) is 1.98. The number of hydrogen-bond acceptors (Lipinski definition) is 6. The van der Waals surface area contributed by atoms with Gasteiger partial charge in [0, 0.05) is 5.56 Å². The molecular formula is C13H7FN6S. The van der Waals surface area contributed by atoms with E-state index in [-0.39, 0.29) is 5.82 Å². The van der Waals surface area contributed by atoms with Crippen molar-refractivity contribution >= 4 is 21.6 Å². The molecule has 0 atom stereocenters. The number of halogens is 1. The Balaban J connectivity index is 1.83. The summed E-state index contributed by atoms with van der Waals surface area (Å²) < 4.78 is 13.2. The maximum atomic E-state index is 13.2. The van der Waals surface area contributed by atoms with Crippen molar-refractivity contribution in [1.29, 1.82) is 0 Å². The monoisotopic (exact) mass is 298 g/mol. The van der Waals surface area contributed by atoms with E-state index in [2.05, 4.69) is 25.4 Å². The molecule has 1 aromatic carbocycles. The molecule has 3 heterocycles. The first-order valence-electron chi connectivity index (χ1n) is 6.06. The second-order valence-electron chi connectivity index (χ2n) is 4.25. The van der Waals surface area contributed by atoms with Gasteiger partial charge in [0.1, 0.15) is 17.0 Å². The van der Waals surface area contributed by atoms with Crippen molar-refractivity contribution in [3.8, 4) is 17.2 Å². The number of benzene rings is 1. The Hall–Kier alpha value is -2.74. The SMILES string of the molecule is Fc1cccc(-c2nnn(-c3ncnc4sccc34)n2)c1. The molecule has 6 nitrogen and oxygen atoms in total. The number of rotatable bonds is 2. The molecule has 0 aliphatic heterocycles. The van der Waals surface area contributed by atoms with Gasteiger partial charge in [-0.15, -0.1) is 26.3 Å². The average molecular weight is 298 g/mol. The van der Waals surface area contributed by atoms with Crippen LogP contribution < -0.4 is 0 Å². The molecule has 4 rings (SSSR count). The van der Waals surface area contributed by atoms with Crippen LogP contribution in [0.15, 0.2) is 42.0 Å². The van der Waals surface area contributed by atoms with Crippen LogP contribution in [0.4, 0.5) is 4.39 Å². The Morgan fingerprint density at radius 2 is 2.10 bits per heavy atom. The lowest BCUT2D eigenvalue weighted by atomic mass is 10.2. The molecule has 0 fully saturated rings. The molecule has 0 saturated carbocycles. The Labute approximate surface area is 121 Å². The second kappa shape index (κ2) is 4.67. The van der Waals surface area contributed by atoms with Crippen molar-refractivity contribution in [2.75, 3.05) is 0 Å². The zero-order valence-electron chi connectivity index (χ0n) is 10.5. The molecule has 0 spiro atoms. The molecular weight excluding hydrogens is 291 g/mol. The molecule has 3 aromatic heterocycles. The van der Waals surface area contributed by atoms with Crippen molar-refractivity contribution in [3.05, 3.63) is 47.9 Å². The van der Waals surface area contributed by atoms with E-state index >= 15 is 0 Å². The fraction of sp³-hybridized carbons (Fsp3) is 0. The summed E-state index contributed by atoms with van der Waals surface area (Å²) in [7, 11) is 0. The molecule has 0 aliphatic carbocycles. The number of fused-ring (bicyclic) bond motifs is 1. The van der Waals surface area contributed by atoms with Gasteiger partial charge in [-0.2, -0.15) is 0 Å². The van der Waals surface area contributed by atoms with E-state index in [1.54, 1.807) is 12.1 Å². The third-order valence-corrected chi connectivity index (χ3v) is 3.75. The number of tetrazole rings is 1. The maximum absolute atomic E-state index is 13.2. The Morgan fingerprint density at radius 3 is 3.00 bits per heavy atom. The van der Waals surface area contributed by atoms with E-state index in [4.69, 9.17) is 0 Å². The van der Waals surface area contributed by atoms with Crippen molar-refractivity contribution in [1.82, 2.24) is 30.2 Å². The summed E-state index contributed by atoms with van der Waals surface area (Å²) in [6.07, 6.45) is 1.46. The van der Waals surface area contributed by atoms with E-state index < -0.39 is 0 Å². The van der Waals surface area contributed by atoms with Gasteiger partial charge in [-0.3, -0.25) is 0 Å². The van der Waals surface area contributed by atoms with Gasteiger partial charge in [-0.05, 0) is 28.8 Å². The minimum absolute atomic E-state index is 0.342. The Bertz CT molecular complexity index is 931. The first kappa shape index (κ1) is 12.0. The highest BCUT2D eigenvalue weighted by molar-refractivity contribution is 7.16. The fourth-order valence-corrected chi connectivity index (χ4v) is 2.71. The largest absolute Gasteiger partial charge is 0.225 e. The Morgan fingerprint density at radius 1 is 1.14 bits per heavy atom. The van der Waals surface area contributed by atoms with Crippen LogP contribution in [-0.2, 0) is 0 Å². The highest BCUT2D eigenvalue weighted by atomic mass is 32.1. The van der Waals surface area contributed by atoms with E-state index in [0.29, 0.717) is 17.2 Å². The van der Waals surface area contributed by atoms with Crippen molar-refractivity contribution < 1.29 is 4.39 Å². The summed E-state index contributed by atoms with van der Waals surface area (Å²) in [5.74, 6) is 0.555. The van der Waals surface area contributed by atoms with E-state index in [1.165, 1.54) is 34.6 Å². The van der Waals surface area contributed by atoms with Crippen molar-refractivity contribution in [3.63, 3.8) is 0 Å². The number of thiophene rings is 1. The van der Waals surface area contributed by atoms with Gasteiger partial charge >= 0.3 is 0 Å². The lowest BCUT2D eigenvalue weighted by Gasteiger charge is -1.98. The molecule has 0 amide bonds. The first-order chi connectivity index (χ1) is 10.3. The zero-order chi connectivity index (χ0) is 14.2. The van der Waals surface area contributed by atoms with Gasteiger partial charge in [0.25, 0.3) is 0 Å². The molecule has 0 radical (unpaired) electrons. The molecule has 0 unspecified atom stereocenters. The summed E-state index contributed by atoms with van der Waals surface area (Å²) in [4.78, 5) is 10.5.